The fourth-order valence-corrected chi connectivity index (χ4v) is 2.63. The Balaban J connectivity index is 0.000000327. The molecular formula is C12H30N2O3Si. The highest BCUT2D eigenvalue weighted by Gasteiger charge is 2.13. The number of hydrogen-bond acceptors (Lipinski definition) is 5. The lowest BCUT2D eigenvalue weighted by molar-refractivity contribution is 0.107. The molecule has 0 spiro atoms. The predicted molar refractivity (Wildman–Crippen MR) is 76.7 cm³/mol. The minimum Gasteiger partial charge on any atom is -0.376 e. The van der Waals surface area contributed by atoms with E-state index >= 15 is 0 Å². The van der Waals surface area contributed by atoms with Crippen LogP contribution in [-0.4, -0.2) is 59.9 Å². The molecule has 0 radical (unpaired) electrons. The van der Waals surface area contributed by atoms with Crippen molar-refractivity contribution in [3.05, 3.63) is 0 Å². The van der Waals surface area contributed by atoms with Crippen LogP contribution in [0.1, 0.15) is 34.1 Å². The monoisotopic (exact) mass is 278 g/mol. The minimum absolute atomic E-state index is 0.357. The van der Waals surface area contributed by atoms with Crippen molar-refractivity contribution < 1.29 is 13.3 Å². The van der Waals surface area contributed by atoms with E-state index in [4.69, 9.17) is 19.0 Å². The summed E-state index contributed by atoms with van der Waals surface area (Å²) in [5.74, 6) is 0. The average Bonchev–Trinajstić information content (AvgIpc) is 2.26. The fourth-order valence-electron chi connectivity index (χ4n) is 1.52. The van der Waals surface area contributed by atoms with E-state index in [1.807, 2.05) is 20.8 Å². The van der Waals surface area contributed by atoms with Crippen LogP contribution < -0.4 is 5.73 Å². The molecule has 0 saturated carbocycles. The van der Waals surface area contributed by atoms with Crippen LogP contribution in [0, 0.1) is 0 Å². The number of nitrogens with two attached hydrogens (primary N) is 1. The Morgan fingerprint density at radius 1 is 1.06 bits per heavy atom. The lowest BCUT2D eigenvalue weighted by atomic mass is 10.2. The molecule has 1 heterocycles. The summed E-state index contributed by atoms with van der Waals surface area (Å²) in [6.45, 7) is 13.5. The van der Waals surface area contributed by atoms with Crippen molar-refractivity contribution in [3.63, 3.8) is 0 Å². The van der Waals surface area contributed by atoms with Gasteiger partial charge in [0.1, 0.15) is 0 Å². The first-order valence-corrected chi connectivity index (χ1v) is 8.38. The summed E-state index contributed by atoms with van der Waals surface area (Å²) in [4.78, 5) is 2.38. The van der Waals surface area contributed by atoms with E-state index < -0.39 is 9.53 Å². The third-order valence-corrected chi connectivity index (χ3v) is 4.22. The van der Waals surface area contributed by atoms with Gasteiger partial charge in [0.05, 0.1) is 0 Å². The van der Waals surface area contributed by atoms with Crippen LogP contribution in [0.2, 0.25) is 0 Å². The first-order chi connectivity index (χ1) is 8.63. The Morgan fingerprint density at radius 3 is 1.67 bits per heavy atom. The van der Waals surface area contributed by atoms with Gasteiger partial charge >= 0.3 is 9.53 Å². The maximum Gasteiger partial charge on any atom is 0.484 e. The van der Waals surface area contributed by atoms with E-state index in [0.29, 0.717) is 25.9 Å². The molecular weight excluding hydrogens is 248 g/mol. The summed E-state index contributed by atoms with van der Waals surface area (Å²) < 4.78 is 15.7. The number of hydrogen-bond donors (Lipinski definition) is 1. The quantitative estimate of drug-likeness (QED) is 0.667. The summed E-state index contributed by atoms with van der Waals surface area (Å²) in [5, 5.41) is 0. The smallest absolute Gasteiger partial charge is 0.376 e. The molecule has 18 heavy (non-hydrogen) atoms. The summed E-state index contributed by atoms with van der Waals surface area (Å²) in [5.41, 5.74) is 5.56. The molecule has 0 aromatic heterocycles. The largest absolute Gasteiger partial charge is 0.484 e. The van der Waals surface area contributed by atoms with Crippen LogP contribution in [-0.2, 0) is 13.3 Å². The summed E-state index contributed by atoms with van der Waals surface area (Å²) >= 11 is 0. The van der Waals surface area contributed by atoms with Crippen LogP contribution in [0.4, 0.5) is 0 Å². The van der Waals surface area contributed by atoms with E-state index in [2.05, 4.69) is 11.8 Å². The van der Waals surface area contributed by atoms with E-state index in [1.165, 1.54) is 19.5 Å². The van der Waals surface area contributed by atoms with E-state index in [-0.39, 0.29) is 0 Å². The zero-order valence-electron chi connectivity index (χ0n) is 12.4. The van der Waals surface area contributed by atoms with Crippen LogP contribution in [0.5, 0.6) is 0 Å². The van der Waals surface area contributed by atoms with Crippen molar-refractivity contribution in [1.29, 1.82) is 0 Å². The molecule has 2 N–H and O–H groups in total. The van der Waals surface area contributed by atoms with Crippen molar-refractivity contribution in [2.24, 2.45) is 5.73 Å². The van der Waals surface area contributed by atoms with Crippen molar-refractivity contribution >= 4 is 9.53 Å². The van der Waals surface area contributed by atoms with Crippen LogP contribution >= 0.6 is 0 Å². The van der Waals surface area contributed by atoms with Gasteiger partial charge in [0.25, 0.3) is 0 Å². The zero-order valence-corrected chi connectivity index (χ0v) is 13.5. The predicted octanol–water partition coefficient (Wildman–Crippen LogP) is 0.852. The van der Waals surface area contributed by atoms with Gasteiger partial charge in [-0.3, -0.25) is 0 Å². The van der Waals surface area contributed by atoms with Crippen LogP contribution in [0.25, 0.3) is 0 Å². The Hall–Kier alpha value is 0.0169. The molecule has 0 aromatic carbocycles. The van der Waals surface area contributed by atoms with Crippen molar-refractivity contribution in [2.75, 3.05) is 39.5 Å². The van der Waals surface area contributed by atoms with Gasteiger partial charge in [-0.25, -0.2) is 0 Å². The van der Waals surface area contributed by atoms with E-state index in [1.54, 1.807) is 0 Å². The first kappa shape index (κ1) is 18.0. The number of nitrogens with zero attached hydrogens (tertiary/aromatic N) is 1. The molecule has 110 valence electrons. The molecule has 1 aliphatic heterocycles. The van der Waals surface area contributed by atoms with Crippen molar-refractivity contribution in [3.8, 4) is 0 Å². The molecule has 5 nitrogen and oxygen atoms in total. The van der Waals surface area contributed by atoms with Crippen LogP contribution in [0.15, 0.2) is 0 Å². The van der Waals surface area contributed by atoms with Gasteiger partial charge in [0.15, 0.2) is 0 Å². The second-order valence-electron chi connectivity index (χ2n) is 4.29. The van der Waals surface area contributed by atoms with Crippen molar-refractivity contribution in [1.82, 2.24) is 4.90 Å². The van der Waals surface area contributed by atoms with E-state index in [0.717, 1.165) is 6.54 Å². The first-order valence-electron chi connectivity index (χ1n) is 6.96. The SMILES string of the molecule is CC(N)CN1CCC1.CCO[SiH](OCC)OCC. The van der Waals surface area contributed by atoms with Gasteiger partial charge in [-0.15, -0.1) is 0 Å². The topological polar surface area (TPSA) is 57.0 Å². The van der Waals surface area contributed by atoms with E-state index in [9.17, 15) is 0 Å². The molecule has 1 unspecified atom stereocenters. The Morgan fingerprint density at radius 2 is 1.50 bits per heavy atom. The van der Waals surface area contributed by atoms with Gasteiger partial charge in [-0.1, -0.05) is 0 Å². The van der Waals surface area contributed by atoms with Gasteiger partial charge in [0.2, 0.25) is 0 Å². The molecule has 6 heteroatoms. The molecule has 1 atom stereocenters. The van der Waals surface area contributed by atoms with Gasteiger partial charge in [-0.05, 0) is 47.2 Å². The maximum atomic E-state index is 5.56. The normalized spacial score (nSPS) is 17.0. The molecule has 0 amide bonds. The lowest BCUT2D eigenvalue weighted by Gasteiger charge is -2.31. The summed E-state index contributed by atoms with van der Waals surface area (Å²) in [6.07, 6.45) is 1.37. The lowest BCUT2D eigenvalue weighted by Crippen LogP contribution is -2.43. The molecule has 1 rings (SSSR count). The molecule has 1 saturated heterocycles. The maximum absolute atomic E-state index is 5.56. The Bertz CT molecular complexity index is 166. The number of rotatable bonds is 8. The highest BCUT2D eigenvalue weighted by molar-refractivity contribution is 6.36. The summed E-state index contributed by atoms with van der Waals surface area (Å²) in [6, 6.07) is 0.357. The zero-order chi connectivity index (χ0) is 13.8. The molecule has 0 aromatic rings. The number of likely N-dealkylation sites (tertiary alicyclic amines) is 1. The summed E-state index contributed by atoms with van der Waals surface area (Å²) in [7, 11) is -1.73. The average molecular weight is 278 g/mol. The molecule has 0 aliphatic carbocycles. The highest BCUT2D eigenvalue weighted by Crippen LogP contribution is 2.04. The second-order valence-corrected chi connectivity index (χ2v) is 5.86. The standard InChI is InChI=1S/C6H14N2.C6H16O3Si/c1-6(7)5-8-3-2-4-8;1-4-7-10(8-5-2)9-6-3/h6H,2-5,7H2,1H3;10H,4-6H2,1-3H3. The second kappa shape index (κ2) is 12.1. The van der Waals surface area contributed by atoms with Gasteiger partial charge in [0, 0.05) is 32.4 Å². The highest BCUT2D eigenvalue weighted by atomic mass is 28.3. The van der Waals surface area contributed by atoms with Crippen molar-refractivity contribution in [2.45, 2.75) is 40.2 Å². The Labute approximate surface area is 114 Å². The molecule has 0 bridgehead atoms. The van der Waals surface area contributed by atoms with Gasteiger partial charge in [-0.2, -0.15) is 0 Å². The van der Waals surface area contributed by atoms with Gasteiger partial charge < -0.3 is 23.9 Å². The minimum atomic E-state index is -1.73. The molecule has 1 fully saturated rings. The third kappa shape index (κ3) is 9.99. The molecule has 1 aliphatic rings. The third-order valence-electron chi connectivity index (χ3n) is 2.40. The Kier molecular flexibility index (Phi) is 12.1. The van der Waals surface area contributed by atoms with Crippen LogP contribution in [0.3, 0.4) is 0 Å². The fraction of sp³-hybridized carbons (Fsp3) is 1.00.